The number of aryl methyl sites for hydroxylation is 1. The van der Waals surface area contributed by atoms with Crippen LogP contribution in [0.25, 0.3) is 5.69 Å². The molecule has 140 valence electrons. The second kappa shape index (κ2) is 8.68. The Bertz CT molecular complexity index is 924. The van der Waals surface area contributed by atoms with Gasteiger partial charge in [-0.15, -0.1) is 5.10 Å². The third-order valence-electron chi connectivity index (χ3n) is 4.18. The molecule has 0 aliphatic heterocycles. The Hall–Kier alpha value is -2.87. The lowest BCUT2D eigenvalue weighted by Crippen LogP contribution is -2.12. The normalized spacial score (nSPS) is 10.6. The fraction of sp³-hybridized carbons (Fsp3) is 0.263. The lowest BCUT2D eigenvalue weighted by atomic mass is 10.1. The second-order valence-electron chi connectivity index (χ2n) is 5.97. The Labute approximate surface area is 162 Å². The van der Waals surface area contributed by atoms with Crippen molar-refractivity contribution in [2.45, 2.75) is 25.4 Å². The first-order valence-electron chi connectivity index (χ1n) is 8.50. The average molecular weight is 383 g/mol. The monoisotopic (exact) mass is 383 g/mol. The van der Waals surface area contributed by atoms with Gasteiger partial charge in [0.25, 0.3) is 0 Å². The van der Waals surface area contributed by atoms with Gasteiger partial charge in [0.2, 0.25) is 11.1 Å². The number of carbonyl (C=O) groups excluding carboxylic acids is 1. The van der Waals surface area contributed by atoms with Crippen LogP contribution in [0.5, 0.6) is 5.75 Å². The largest absolute Gasteiger partial charge is 0.497 e. The Morgan fingerprint density at radius 1 is 1.19 bits per heavy atom. The lowest BCUT2D eigenvalue weighted by Gasteiger charge is -2.09. The number of anilines is 1. The number of rotatable bonds is 7. The zero-order chi connectivity index (χ0) is 19.2. The van der Waals surface area contributed by atoms with Gasteiger partial charge in [0, 0.05) is 17.9 Å². The van der Waals surface area contributed by atoms with Gasteiger partial charge in [-0.3, -0.25) is 4.79 Å². The minimum absolute atomic E-state index is 0.0570. The number of nitrogens with zero attached hydrogens (tertiary/aromatic N) is 4. The third-order valence-corrected chi connectivity index (χ3v) is 5.10. The summed E-state index contributed by atoms with van der Waals surface area (Å²) in [6, 6.07) is 13.3. The molecule has 0 fully saturated rings. The van der Waals surface area contributed by atoms with Crippen molar-refractivity contribution in [1.29, 1.82) is 0 Å². The number of aromatic nitrogens is 4. The molecule has 2 aromatic carbocycles. The minimum Gasteiger partial charge on any atom is -0.497 e. The summed E-state index contributed by atoms with van der Waals surface area (Å²) >= 11 is 1.45. The van der Waals surface area contributed by atoms with Crippen molar-refractivity contribution in [1.82, 2.24) is 20.2 Å². The molecular weight excluding hydrogens is 362 g/mol. The van der Waals surface area contributed by atoms with Crippen molar-refractivity contribution in [3.63, 3.8) is 0 Å². The van der Waals surface area contributed by atoms with Crippen molar-refractivity contribution < 1.29 is 9.53 Å². The molecule has 0 aliphatic carbocycles. The summed E-state index contributed by atoms with van der Waals surface area (Å²) in [5.74, 6) is 1.27. The summed E-state index contributed by atoms with van der Waals surface area (Å²) in [6.07, 6.45) is 0.357. The average Bonchev–Trinajstić information content (AvgIpc) is 3.13. The number of methoxy groups -OCH3 is 1. The topological polar surface area (TPSA) is 81.9 Å². The number of carbonyl (C=O) groups is 1. The van der Waals surface area contributed by atoms with Crippen LogP contribution in [0, 0.1) is 13.8 Å². The van der Waals surface area contributed by atoms with Gasteiger partial charge < -0.3 is 10.1 Å². The summed E-state index contributed by atoms with van der Waals surface area (Å²) in [4.78, 5) is 12.1. The molecule has 3 aromatic rings. The maximum absolute atomic E-state index is 12.1. The van der Waals surface area contributed by atoms with Crippen LogP contribution >= 0.6 is 11.8 Å². The zero-order valence-electron chi connectivity index (χ0n) is 15.5. The highest BCUT2D eigenvalue weighted by atomic mass is 32.2. The summed E-state index contributed by atoms with van der Waals surface area (Å²) in [5, 5.41) is 15.5. The molecule has 0 radical (unpaired) electrons. The Kier molecular flexibility index (Phi) is 6.08. The van der Waals surface area contributed by atoms with E-state index in [9.17, 15) is 4.79 Å². The molecule has 1 aromatic heterocycles. The molecule has 0 saturated carbocycles. The second-order valence-corrected chi connectivity index (χ2v) is 7.03. The fourth-order valence-electron chi connectivity index (χ4n) is 2.52. The van der Waals surface area contributed by atoms with Crippen molar-refractivity contribution in [3.8, 4) is 11.4 Å². The van der Waals surface area contributed by atoms with Crippen LogP contribution in [0.4, 0.5) is 5.69 Å². The quantitative estimate of drug-likeness (QED) is 0.630. The van der Waals surface area contributed by atoms with Gasteiger partial charge in [0.1, 0.15) is 5.75 Å². The van der Waals surface area contributed by atoms with Crippen molar-refractivity contribution in [2.75, 3.05) is 18.2 Å². The number of nitrogens with one attached hydrogen (secondary N) is 1. The van der Waals surface area contributed by atoms with Crippen LogP contribution in [-0.2, 0) is 4.79 Å². The number of thioether (sulfide) groups is 1. The van der Waals surface area contributed by atoms with Gasteiger partial charge in [-0.05, 0) is 65.7 Å². The number of ether oxygens (including phenoxy) is 1. The number of hydrogen-bond donors (Lipinski definition) is 1. The lowest BCUT2D eigenvalue weighted by molar-refractivity contribution is -0.115. The molecule has 0 spiro atoms. The van der Waals surface area contributed by atoms with Crippen LogP contribution in [-0.4, -0.2) is 39.0 Å². The van der Waals surface area contributed by atoms with Crippen LogP contribution in [0.1, 0.15) is 17.5 Å². The van der Waals surface area contributed by atoms with Gasteiger partial charge in [-0.1, -0.05) is 23.9 Å². The van der Waals surface area contributed by atoms with E-state index >= 15 is 0 Å². The molecule has 0 saturated heterocycles. The number of tetrazole rings is 1. The van der Waals surface area contributed by atoms with Gasteiger partial charge in [0.15, 0.2) is 0 Å². The predicted octanol–water partition coefficient (Wildman–Crippen LogP) is 3.41. The molecule has 3 rings (SSSR count). The molecule has 8 heteroatoms. The third kappa shape index (κ3) is 4.65. The maximum Gasteiger partial charge on any atom is 0.225 e. The Morgan fingerprint density at radius 3 is 2.70 bits per heavy atom. The number of amides is 1. The highest BCUT2D eigenvalue weighted by Crippen LogP contribution is 2.23. The maximum atomic E-state index is 12.1. The predicted molar refractivity (Wildman–Crippen MR) is 106 cm³/mol. The van der Waals surface area contributed by atoms with E-state index in [1.807, 2.05) is 43.3 Å². The number of hydrogen-bond acceptors (Lipinski definition) is 6. The molecule has 1 heterocycles. The van der Waals surface area contributed by atoms with Crippen LogP contribution in [0.15, 0.2) is 47.6 Å². The number of benzene rings is 2. The first-order valence-corrected chi connectivity index (χ1v) is 9.48. The SMILES string of the molecule is COc1ccc(NC(=O)CCSc2nnnn2-c2cccc(C)c2C)cc1. The summed E-state index contributed by atoms with van der Waals surface area (Å²) in [7, 11) is 1.61. The van der Waals surface area contributed by atoms with Crippen molar-refractivity contribution >= 4 is 23.4 Å². The molecule has 0 unspecified atom stereocenters. The smallest absolute Gasteiger partial charge is 0.225 e. The highest BCUT2D eigenvalue weighted by molar-refractivity contribution is 7.99. The summed E-state index contributed by atoms with van der Waals surface area (Å²) in [6.45, 7) is 4.10. The summed E-state index contributed by atoms with van der Waals surface area (Å²) in [5.41, 5.74) is 4.00. The molecule has 0 atom stereocenters. The molecule has 0 bridgehead atoms. The van der Waals surface area contributed by atoms with Crippen LogP contribution in [0.2, 0.25) is 0 Å². The van der Waals surface area contributed by atoms with Gasteiger partial charge in [-0.25, -0.2) is 0 Å². The molecule has 7 nitrogen and oxygen atoms in total. The molecule has 0 aliphatic rings. The van der Waals surface area contributed by atoms with E-state index in [1.165, 1.54) is 17.3 Å². The van der Waals surface area contributed by atoms with E-state index in [2.05, 4.69) is 33.8 Å². The van der Waals surface area contributed by atoms with Crippen molar-refractivity contribution in [2.24, 2.45) is 0 Å². The van der Waals surface area contributed by atoms with E-state index < -0.39 is 0 Å². The zero-order valence-corrected chi connectivity index (χ0v) is 16.3. The molecule has 27 heavy (non-hydrogen) atoms. The first-order chi connectivity index (χ1) is 13.1. The van der Waals surface area contributed by atoms with Crippen LogP contribution in [0.3, 0.4) is 0 Å². The Morgan fingerprint density at radius 2 is 1.96 bits per heavy atom. The molecule has 1 amide bonds. The van der Waals surface area contributed by atoms with Gasteiger partial charge in [-0.2, -0.15) is 4.68 Å². The van der Waals surface area contributed by atoms with Gasteiger partial charge >= 0.3 is 0 Å². The highest BCUT2D eigenvalue weighted by Gasteiger charge is 2.13. The molecular formula is C19H21N5O2S. The molecule has 1 N–H and O–H groups in total. The van der Waals surface area contributed by atoms with E-state index in [1.54, 1.807) is 11.8 Å². The van der Waals surface area contributed by atoms with Gasteiger partial charge in [0.05, 0.1) is 12.8 Å². The van der Waals surface area contributed by atoms with E-state index in [4.69, 9.17) is 4.74 Å². The standard InChI is InChI=1S/C19H21N5O2S/c1-13-5-4-6-17(14(13)2)24-19(21-22-23-24)27-12-11-18(25)20-15-7-9-16(26-3)10-8-15/h4-10H,11-12H2,1-3H3,(H,20,25). The minimum atomic E-state index is -0.0570. The van der Waals surface area contributed by atoms with Crippen LogP contribution < -0.4 is 10.1 Å². The fourth-order valence-corrected chi connectivity index (χ4v) is 3.34. The van der Waals surface area contributed by atoms with E-state index in [0.717, 1.165) is 22.7 Å². The summed E-state index contributed by atoms with van der Waals surface area (Å²) < 4.78 is 6.82. The first kappa shape index (κ1) is 18.9. The van der Waals surface area contributed by atoms with E-state index in [-0.39, 0.29) is 5.91 Å². The van der Waals surface area contributed by atoms with Crippen molar-refractivity contribution in [3.05, 3.63) is 53.6 Å². The van der Waals surface area contributed by atoms with E-state index in [0.29, 0.717) is 17.3 Å². The Balaban J connectivity index is 1.57.